The summed E-state index contributed by atoms with van der Waals surface area (Å²) in [6, 6.07) is 7.16. The predicted molar refractivity (Wildman–Crippen MR) is 74.7 cm³/mol. The maximum atomic E-state index is 3.23. The molecule has 0 fully saturated rings. The maximum Gasteiger partial charge on any atom is 0.0518 e. The summed E-state index contributed by atoms with van der Waals surface area (Å²) in [6.45, 7) is 7.71. The molecule has 0 radical (unpaired) electrons. The highest BCUT2D eigenvalue weighted by Crippen LogP contribution is 2.27. The van der Waals surface area contributed by atoms with Gasteiger partial charge in [0.05, 0.1) is 5.52 Å². The fourth-order valence-corrected chi connectivity index (χ4v) is 2.43. The van der Waals surface area contributed by atoms with Gasteiger partial charge < -0.3 is 9.88 Å². The van der Waals surface area contributed by atoms with Crippen LogP contribution in [0.3, 0.4) is 0 Å². The van der Waals surface area contributed by atoms with E-state index in [0.29, 0.717) is 6.04 Å². The molecule has 1 aromatic carbocycles. The van der Waals surface area contributed by atoms with Crippen LogP contribution >= 0.6 is 0 Å². The Hall–Kier alpha value is -1.28. The average molecular weight is 230 g/mol. The maximum absolute atomic E-state index is 3.23. The third-order valence-corrected chi connectivity index (χ3v) is 3.34. The molecule has 1 N–H and O–H groups in total. The number of hydrogen-bond donors (Lipinski definition) is 1. The van der Waals surface area contributed by atoms with Crippen molar-refractivity contribution in [1.82, 2.24) is 9.88 Å². The van der Waals surface area contributed by atoms with Crippen molar-refractivity contribution in [1.29, 1.82) is 0 Å². The fraction of sp³-hybridized carbons (Fsp3) is 0.467. The molecule has 0 saturated heterocycles. The van der Waals surface area contributed by atoms with Gasteiger partial charge in [0.25, 0.3) is 0 Å². The quantitative estimate of drug-likeness (QED) is 0.853. The molecule has 0 unspecified atom stereocenters. The van der Waals surface area contributed by atoms with Gasteiger partial charge in [-0.1, -0.05) is 18.2 Å². The summed E-state index contributed by atoms with van der Waals surface area (Å²) in [5.41, 5.74) is 4.23. The number of benzene rings is 1. The lowest BCUT2D eigenvalue weighted by molar-refractivity contribution is 0.619. The number of nitrogens with one attached hydrogen (secondary N) is 1. The molecule has 0 amide bonds. The number of likely N-dealkylation sites (N-methyl/N-ethyl adjacent to an activating group) is 1. The van der Waals surface area contributed by atoms with Gasteiger partial charge in [-0.25, -0.2) is 0 Å². The summed E-state index contributed by atoms with van der Waals surface area (Å²) in [5, 5.41) is 4.62. The number of hydrogen-bond acceptors (Lipinski definition) is 1. The van der Waals surface area contributed by atoms with Gasteiger partial charge in [0, 0.05) is 17.6 Å². The van der Waals surface area contributed by atoms with E-state index in [1.807, 2.05) is 7.05 Å². The number of rotatable bonds is 4. The van der Waals surface area contributed by atoms with Gasteiger partial charge in [-0.15, -0.1) is 0 Å². The first-order valence-electron chi connectivity index (χ1n) is 6.38. The molecule has 1 heterocycles. The van der Waals surface area contributed by atoms with Crippen LogP contribution in [0, 0.1) is 6.92 Å². The predicted octanol–water partition coefficient (Wildman–Crippen LogP) is 3.29. The van der Waals surface area contributed by atoms with E-state index in [1.54, 1.807) is 0 Å². The molecule has 2 nitrogen and oxygen atoms in total. The van der Waals surface area contributed by atoms with Gasteiger partial charge in [-0.05, 0) is 51.9 Å². The minimum atomic E-state index is 0.516. The molecule has 2 heteroatoms. The molecule has 0 aliphatic carbocycles. The molecule has 2 rings (SSSR count). The van der Waals surface area contributed by atoms with Crippen LogP contribution in [0.2, 0.25) is 0 Å². The zero-order chi connectivity index (χ0) is 12.4. The van der Waals surface area contributed by atoms with E-state index < -0.39 is 0 Å². The van der Waals surface area contributed by atoms with Crippen molar-refractivity contribution in [2.24, 2.45) is 0 Å². The summed E-state index contributed by atoms with van der Waals surface area (Å²) >= 11 is 0. The van der Waals surface area contributed by atoms with Crippen LogP contribution in [0.1, 0.15) is 31.0 Å². The molecule has 2 aromatic rings. The molecule has 0 bridgehead atoms. The van der Waals surface area contributed by atoms with Crippen LogP contribution < -0.4 is 5.32 Å². The number of fused-ring (bicyclic) bond motifs is 1. The van der Waals surface area contributed by atoms with Crippen molar-refractivity contribution in [3.05, 3.63) is 35.5 Å². The lowest BCUT2D eigenvalue weighted by atomic mass is 10.1. The SMILES string of the molecule is CNCCc1cccc2c(C)cn(C(C)C)c12. The molecule has 0 aliphatic heterocycles. The normalized spacial score (nSPS) is 11.6. The summed E-state index contributed by atoms with van der Waals surface area (Å²) < 4.78 is 2.40. The van der Waals surface area contributed by atoms with Crippen molar-refractivity contribution in [3.8, 4) is 0 Å². The van der Waals surface area contributed by atoms with E-state index in [1.165, 1.54) is 22.0 Å². The largest absolute Gasteiger partial charge is 0.344 e. The topological polar surface area (TPSA) is 17.0 Å². The van der Waals surface area contributed by atoms with Crippen LogP contribution in [-0.4, -0.2) is 18.2 Å². The second kappa shape index (κ2) is 4.92. The van der Waals surface area contributed by atoms with E-state index in [9.17, 15) is 0 Å². The monoisotopic (exact) mass is 230 g/mol. The van der Waals surface area contributed by atoms with E-state index in [0.717, 1.165) is 13.0 Å². The van der Waals surface area contributed by atoms with E-state index in [-0.39, 0.29) is 0 Å². The first kappa shape index (κ1) is 12.2. The van der Waals surface area contributed by atoms with Crippen LogP contribution in [0.5, 0.6) is 0 Å². The molecule has 92 valence electrons. The zero-order valence-corrected chi connectivity index (χ0v) is 11.2. The second-order valence-electron chi connectivity index (χ2n) is 4.98. The van der Waals surface area contributed by atoms with Crippen molar-refractivity contribution in [3.63, 3.8) is 0 Å². The standard InChI is InChI=1S/C15H22N2/c1-11(2)17-10-12(3)14-7-5-6-13(15(14)17)8-9-16-4/h5-7,10-11,16H,8-9H2,1-4H3. The van der Waals surface area contributed by atoms with Crippen LogP contribution in [0.25, 0.3) is 10.9 Å². The first-order chi connectivity index (χ1) is 8.15. The highest BCUT2D eigenvalue weighted by molar-refractivity contribution is 5.86. The van der Waals surface area contributed by atoms with Crippen molar-refractivity contribution in [2.75, 3.05) is 13.6 Å². The van der Waals surface area contributed by atoms with Crippen molar-refractivity contribution in [2.45, 2.75) is 33.2 Å². The first-order valence-corrected chi connectivity index (χ1v) is 6.38. The highest BCUT2D eigenvalue weighted by atomic mass is 15.0. The molecule has 0 saturated carbocycles. The number of nitrogens with zero attached hydrogens (tertiary/aromatic N) is 1. The minimum absolute atomic E-state index is 0.516. The minimum Gasteiger partial charge on any atom is -0.344 e. The summed E-state index contributed by atoms with van der Waals surface area (Å²) in [4.78, 5) is 0. The van der Waals surface area contributed by atoms with Crippen LogP contribution in [-0.2, 0) is 6.42 Å². The molecular weight excluding hydrogens is 208 g/mol. The number of para-hydroxylation sites is 1. The third-order valence-electron chi connectivity index (χ3n) is 3.34. The Morgan fingerprint density at radius 3 is 2.71 bits per heavy atom. The molecule has 0 aliphatic rings. The number of aromatic nitrogens is 1. The zero-order valence-electron chi connectivity index (χ0n) is 11.2. The molecule has 0 atom stereocenters. The summed E-state index contributed by atoms with van der Waals surface area (Å²) in [7, 11) is 2.01. The van der Waals surface area contributed by atoms with Crippen molar-refractivity contribution < 1.29 is 0 Å². The lowest BCUT2D eigenvalue weighted by Gasteiger charge is -2.12. The Kier molecular flexibility index (Phi) is 3.53. The van der Waals surface area contributed by atoms with Gasteiger partial charge >= 0.3 is 0 Å². The molecule has 1 aromatic heterocycles. The average Bonchev–Trinajstić information content (AvgIpc) is 2.65. The second-order valence-corrected chi connectivity index (χ2v) is 4.98. The summed E-state index contributed by atoms with van der Waals surface area (Å²) in [6.07, 6.45) is 3.36. The highest BCUT2D eigenvalue weighted by Gasteiger charge is 2.11. The van der Waals surface area contributed by atoms with E-state index in [4.69, 9.17) is 0 Å². The Bertz CT molecular complexity index is 509. The fourth-order valence-electron chi connectivity index (χ4n) is 2.43. The van der Waals surface area contributed by atoms with Crippen molar-refractivity contribution >= 4 is 10.9 Å². The molecular formula is C15H22N2. The van der Waals surface area contributed by atoms with E-state index >= 15 is 0 Å². The van der Waals surface area contributed by atoms with E-state index in [2.05, 4.69) is 55.1 Å². The third kappa shape index (κ3) is 2.22. The molecule has 17 heavy (non-hydrogen) atoms. The van der Waals surface area contributed by atoms with Crippen LogP contribution in [0.15, 0.2) is 24.4 Å². The van der Waals surface area contributed by atoms with Gasteiger partial charge in [-0.2, -0.15) is 0 Å². The number of aryl methyl sites for hydroxylation is 1. The Morgan fingerprint density at radius 1 is 1.29 bits per heavy atom. The summed E-state index contributed by atoms with van der Waals surface area (Å²) in [5.74, 6) is 0. The Morgan fingerprint density at radius 2 is 2.06 bits per heavy atom. The van der Waals surface area contributed by atoms with Gasteiger partial charge in [0.1, 0.15) is 0 Å². The Labute approximate surface area is 104 Å². The lowest BCUT2D eigenvalue weighted by Crippen LogP contribution is -2.11. The molecule has 0 spiro atoms. The smallest absolute Gasteiger partial charge is 0.0518 e. The van der Waals surface area contributed by atoms with Crippen LogP contribution in [0.4, 0.5) is 0 Å². The van der Waals surface area contributed by atoms with Gasteiger partial charge in [0.15, 0.2) is 0 Å². The van der Waals surface area contributed by atoms with Gasteiger partial charge in [-0.3, -0.25) is 0 Å². The van der Waals surface area contributed by atoms with Gasteiger partial charge in [0.2, 0.25) is 0 Å². The Balaban J connectivity index is 2.59.